The van der Waals surface area contributed by atoms with Gasteiger partial charge in [-0.3, -0.25) is 4.57 Å². The van der Waals surface area contributed by atoms with Crippen molar-refractivity contribution in [2.45, 2.75) is 0 Å². The van der Waals surface area contributed by atoms with Crippen molar-refractivity contribution in [1.29, 1.82) is 0 Å². The molecular weight excluding hydrogens is 438 g/mol. The van der Waals surface area contributed by atoms with Gasteiger partial charge in [-0.05, 0) is 42.0 Å². The maximum absolute atomic E-state index is 5.52. The predicted molar refractivity (Wildman–Crippen MR) is 140 cm³/mol. The highest BCUT2D eigenvalue weighted by Gasteiger charge is 2.13. The molecule has 0 spiro atoms. The first kappa shape index (κ1) is 20.4. The Morgan fingerprint density at radius 3 is 2.26 bits per heavy atom. The normalized spacial score (nSPS) is 11.9. The largest absolute Gasteiger partial charge is 0.497 e. The SMILES string of the molecule is COc1ccc2nc3ccccc3c(N=c3scc(-c4ccccc4)n3-c3ccccc3)c2c1. The zero-order valence-electron chi connectivity index (χ0n) is 18.6. The molecule has 0 aliphatic heterocycles. The Morgan fingerprint density at radius 2 is 1.47 bits per heavy atom. The number of para-hydroxylation sites is 2. The van der Waals surface area contributed by atoms with Crippen LogP contribution in [0.15, 0.2) is 114 Å². The Bertz CT molecular complexity index is 1690. The predicted octanol–water partition coefficient (Wildman–Crippen LogP) is 7.15. The highest BCUT2D eigenvalue weighted by Crippen LogP contribution is 2.35. The van der Waals surface area contributed by atoms with Gasteiger partial charge in [0.15, 0.2) is 4.80 Å². The van der Waals surface area contributed by atoms with Crippen LogP contribution >= 0.6 is 11.3 Å². The summed E-state index contributed by atoms with van der Waals surface area (Å²) in [6.07, 6.45) is 0. The topological polar surface area (TPSA) is 39.4 Å². The van der Waals surface area contributed by atoms with E-state index in [9.17, 15) is 0 Å². The van der Waals surface area contributed by atoms with E-state index in [1.165, 1.54) is 0 Å². The quantitative estimate of drug-likeness (QED) is 0.263. The lowest BCUT2D eigenvalue weighted by molar-refractivity contribution is 0.415. The average molecular weight is 460 g/mol. The van der Waals surface area contributed by atoms with Gasteiger partial charge in [-0.25, -0.2) is 9.98 Å². The second-order valence-electron chi connectivity index (χ2n) is 7.91. The molecule has 0 aliphatic carbocycles. The van der Waals surface area contributed by atoms with Crippen molar-refractivity contribution >= 4 is 38.8 Å². The van der Waals surface area contributed by atoms with Crippen molar-refractivity contribution in [1.82, 2.24) is 9.55 Å². The van der Waals surface area contributed by atoms with E-state index in [1.54, 1.807) is 18.4 Å². The molecule has 0 unspecified atom stereocenters. The fraction of sp³-hybridized carbons (Fsp3) is 0.0345. The first-order chi connectivity index (χ1) is 16.8. The number of hydrogen-bond donors (Lipinski definition) is 0. The van der Waals surface area contributed by atoms with Gasteiger partial charge in [-0.2, -0.15) is 0 Å². The zero-order chi connectivity index (χ0) is 22.9. The number of methoxy groups -OCH3 is 1. The average Bonchev–Trinajstić information content (AvgIpc) is 3.33. The first-order valence-electron chi connectivity index (χ1n) is 11.0. The molecule has 2 heterocycles. The van der Waals surface area contributed by atoms with Gasteiger partial charge < -0.3 is 4.74 Å². The molecule has 0 atom stereocenters. The molecule has 2 aromatic heterocycles. The number of rotatable bonds is 4. The summed E-state index contributed by atoms with van der Waals surface area (Å²) in [4.78, 5) is 11.0. The van der Waals surface area contributed by atoms with E-state index in [-0.39, 0.29) is 0 Å². The third-order valence-corrected chi connectivity index (χ3v) is 6.68. The van der Waals surface area contributed by atoms with Crippen LogP contribution in [0.2, 0.25) is 0 Å². The molecule has 0 saturated carbocycles. The molecular formula is C29H21N3OS. The van der Waals surface area contributed by atoms with Gasteiger partial charge in [-0.15, -0.1) is 11.3 Å². The number of thiazole rings is 1. The number of pyridine rings is 1. The van der Waals surface area contributed by atoms with Crippen molar-refractivity contribution in [3.63, 3.8) is 0 Å². The van der Waals surface area contributed by atoms with Crippen LogP contribution < -0.4 is 9.54 Å². The van der Waals surface area contributed by atoms with Crippen molar-refractivity contribution in [2.24, 2.45) is 4.99 Å². The molecule has 0 N–H and O–H groups in total. The second kappa shape index (κ2) is 8.61. The molecule has 0 saturated heterocycles. The number of benzene rings is 4. The summed E-state index contributed by atoms with van der Waals surface area (Å²) >= 11 is 1.63. The molecule has 0 bridgehead atoms. The van der Waals surface area contributed by atoms with Crippen molar-refractivity contribution in [3.8, 4) is 22.7 Å². The minimum absolute atomic E-state index is 0.785. The van der Waals surface area contributed by atoms with E-state index < -0.39 is 0 Å². The second-order valence-corrected chi connectivity index (χ2v) is 8.75. The molecule has 4 aromatic carbocycles. The molecule has 4 nitrogen and oxygen atoms in total. The third-order valence-electron chi connectivity index (χ3n) is 5.86. The van der Waals surface area contributed by atoms with E-state index in [2.05, 4.69) is 64.5 Å². The maximum Gasteiger partial charge on any atom is 0.195 e. The Labute approximate surface area is 201 Å². The fourth-order valence-corrected chi connectivity index (χ4v) is 5.13. The lowest BCUT2D eigenvalue weighted by Crippen LogP contribution is -2.13. The van der Waals surface area contributed by atoms with Gasteiger partial charge in [0.25, 0.3) is 0 Å². The van der Waals surface area contributed by atoms with Gasteiger partial charge in [-0.1, -0.05) is 66.7 Å². The van der Waals surface area contributed by atoms with Crippen LogP contribution in [0.3, 0.4) is 0 Å². The molecule has 164 valence electrons. The number of ether oxygens (including phenoxy) is 1. The summed E-state index contributed by atoms with van der Waals surface area (Å²) in [5.41, 5.74) is 6.03. The summed E-state index contributed by atoms with van der Waals surface area (Å²) in [6, 6.07) is 34.9. The Balaban J connectivity index is 1.71. The first-order valence-corrected chi connectivity index (χ1v) is 11.9. The number of nitrogens with zero attached hydrogens (tertiary/aromatic N) is 3. The van der Waals surface area contributed by atoms with Crippen LogP contribution in [0, 0.1) is 0 Å². The van der Waals surface area contributed by atoms with E-state index in [0.29, 0.717) is 0 Å². The Morgan fingerprint density at radius 1 is 0.765 bits per heavy atom. The Hall–Kier alpha value is -4.22. The monoisotopic (exact) mass is 459 g/mol. The van der Waals surface area contributed by atoms with Crippen molar-refractivity contribution in [3.05, 3.63) is 113 Å². The summed E-state index contributed by atoms with van der Waals surface area (Å²) in [5, 5.41) is 4.15. The smallest absolute Gasteiger partial charge is 0.195 e. The van der Waals surface area contributed by atoms with Crippen molar-refractivity contribution in [2.75, 3.05) is 7.11 Å². The Kier molecular flexibility index (Phi) is 5.17. The van der Waals surface area contributed by atoms with Crippen LogP contribution in [0.4, 0.5) is 5.69 Å². The van der Waals surface area contributed by atoms with E-state index >= 15 is 0 Å². The minimum atomic E-state index is 0.785. The lowest BCUT2D eigenvalue weighted by Gasteiger charge is -2.11. The molecule has 5 heteroatoms. The number of aromatic nitrogens is 2. The summed E-state index contributed by atoms with van der Waals surface area (Å²) in [6.45, 7) is 0. The molecule has 0 fully saturated rings. The maximum atomic E-state index is 5.52. The van der Waals surface area contributed by atoms with Crippen LogP contribution in [-0.2, 0) is 0 Å². The standard InChI is InChI=1S/C29H21N3OS/c1-33-22-16-17-26-24(18-22)28(23-14-8-9-15-25(23)30-26)31-29-32(21-12-6-3-7-13-21)27(19-34-29)20-10-4-2-5-11-20/h2-19H,1H3. The van der Waals surface area contributed by atoms with Crippen LogP contribution in [0.25, 0.3) is 38.8 Å². The van der Waals surface area contributed by atoms with Gasteiger partial charge in [0.2, 0.25) is 0 Å². The highest BCUT2D eigenvalue weighted by atomic mass is 32.1. The van der Waals surface area contributed by atoms with Crippen LogP contribution in [-0.4, -0.2) is 16.7 Å². The van der Waals surface area contributed by atoms with Gasteiger partial charge >= 0.3 is 0 Å². The lowest BCUT2D eigenvalue weighted by atomic mass is 10.1. The van der Waals surface area contributed by atoms with Gasteiger partial charge in [0, 0.05) is 21.8 Å². The van der Waals surface area contributed by atoms with E-state index in [1.807, 2.05) is 48.5 Å². The molecule has 6 rings (SSSR count). The fourth-order valence-electron chi connectivity index (χ4n) is 4.22. The molecule has 0 amide bonds. The summed E-state index contributed by atoms with van der Waals surface area (Å²) in [7, 11) is 1.68. The molecule has 0 aliphatic rings. The van der Waals surface area contributed by atoms with Crippen LogP contribution in [0.5, 0.6) is 5.75 Å². The van der Waals surface area contributed by atoms with Crippen molar-refractivity contribution < 1.29 is 4.74 Å². The number of fused-ring (bicyclic) bond motifs is 2. The molecule has 34 heavy (non-hydrogen) atoms. The van der Waals surface area contributed by atoms with E-state index in [4.69, 9.17) is 14.7 Å². The minimum Gasteiger partial charge on any atom is -0.497 e. The van der Waals surface area contributed by atoms with E-state index in [0.717, 1.165) is 55.0 Å². The summed E-state index contributed by atoms with van der Waals surface area (Å²) < 4.78 is 7.75. The molecule has 6 aromatic rings. The zero-order valence-corrected chi connectivity index (χ0v) is 19.4. The third kappa shape index (κ3) is 3.56. The van der Waals surface area contributed by atoms with Gasteiger partial charge in [0.1, 0.15) is 5.75 Å². The molecule has 0 radical (unpaired) electrons. The highest BCUT2D eigenvalue weighted by molar-refractivity contribution is 7.07. The number of hydrogen-bond acceptors (Lipinski definition) is 4. The van der Waals surface area contributed by atoms with Crippen LogP contribution in [0.1, 0.15) is 0 Å². The van der Waals surface area contributed by atoms with Gasteiger partial charge in [0.05, 0.1) is 29.5 Å². The summed E-state index contributed by atoms with van der Waals surface area (Å²) in [5.74, 6) is 0.785.